The summed E-state index contributed by atoms with van der Waals surface area (Å²) in [6.45, 7) is 12.2. The van der Waals surface area contributed by atoms with Crippen molar-refractivity contribution in [2.45, 2.75) is 53.0 Å². The van der Waals surface area contributed by atoms with Crippen molar-refractivity contribution in [3.05, 3.63) is 29.3 Å². The van der Waals surface area contributed by atoms with Gasteiger partial charge in [0.15, 0.2) is 0 Å². The van der Waals surface area contributed by atoms with E-state index in [1.807, 2.05) is 13.0 Å². The molecule has 1 rings (SSSR count). The molecule has 3 heteroatoms. The van der Waals surface area contributed by atoms with Gasteiger partial charge >= 0.3 is 0 Å². The Morgan fingerprint density at radius 3 is 2.42 bits per heavy atom. The number of benzene rings is 1. The first kappa shape index (κ1) is 16.0. The highest BCUT2D eigenvalue weighted by Crippen LogP contribution is 2.28. The lowest BCUT2D eigenvalue weighted by atomic mass is 9.86. The van der Waals surface area contributed by atoms with Crippen molar-refractivity contribution in [1.29, 1.82) is 0 Å². The van der Waals surface area contributed by atoms with Crippen molar-refractivity contribution in [2.24, 2.45) is 0 Å². The Balaban J connectivity index is 3.02. The summed E-state index contributed by atoms with van der Waals surface area (Å²) in [5, 5.41) is 10.0. The monoisotopic (exact) mass is 279 g/mol. The van der Waals surface area contributed by atoms with Crippen molar-refractivity contribution in [3.63, 3.8) is 0 Å². The van der Waals surface area contributed by atoms with Gasteiger partial charge in [-0.15, -0.1) is 0 Å². The van der Waals surface area contributed by atoms with E-state index in [4.69, 9.17) is 12.2 Å². The van der Waals surface area contributed by atoms with Crippen LogP contribution in [0.15, 0.2) is 18.2 Å². The number of nitrogens with zero attached hydrogens (tertiary/aromatic N) is 1. The Kier molecular flexibility index (Phi) is 5.36. The summed E-state index contributed by atoms with van der Waals surface area (Å²) in [4.78, 5) is 3.01. The third kappa shape index (κ3) is 4.50. The third-order valence-corrected chi connectivity index (χ3v) is 3.50. The second-order valence-corrected chi connectivity index (χ2v) is 6.62. The fourth-order valence-corrected chi connectivity index (χ4v) is 2.16. The minimum Gasteiger partial charge on any atom is -0.508 e. The molecule has 0 aliphatic rings. The van der Waals surface area contributed by atoms with Gasteiger partial charge in [-0.3, -0.25) is 0 Å². The van der Waals surface area contributed by atoms with Gasteiger partial charge < -0.3 is 10.0 Å². The van der Waals surface area contributed by atoms with Gasteiger partial charge in [0.1, 0.15) is 5.75 Å². The van der Waals surface area contributed by atoms with Crippen molar-refractivity contribution in [1.82, 2.24) is 4.90 Å². The summed E-state index contributed by atoms with van der Waals surface area (Å²) in [6, 6.07) is 5.88. The standard InChI is InChI=1S/C16H25NOS/c1-6-9-17(12(2)19)11-13-10-14(16(3,4)5)7-8-15(13)18/h7-8,10,18H,6,9,11H2,1-5H3. The fourth-order valence-electron chi connectivity index (χ4n) is 2.00. The average molecular weight is 279 g/mol. The van der Waals surface area contributed by atoms with E-state index in [1.165, 1.54) is 5.56 Å². The lowest BCUT2D eigenvalue weighted by Gasteiger charge is -2.25. The number of thiocarbonyl (C=S) groups is 1. The zero-order chi connectivity index (χ0) is 14.6. The molecule has 1 aromatic rings. The molecule has 0 saturated heterocycles. The van der Waals surface area contributed by atoms with Crippen molar-refractivity contribution < 1.29 is 5.11 Å². The lowest BCUT2D eigenvalue weighted by molar-refractivity contribution is 0.398. The SMILES string of the molecule is CCCN(Cc1cc(C(C)(C)C)ccc1O)C(C)=S. The van der Waals surface area contributed by atoms with E-state index in [0.29, 0.717) is 12.3 Å². The molecule has 0 saturated carbocycles. The van der Waals surface area contributed by atoms with Crippen LogP contribution in [0.2, 0.25) is 0 Å². The van der Waals surface area contributed by atoms with Gasteiger partial charge in [0.2, 0.25) is 0 Å². The maximum Gasteiger partial charge on any atom is 0.120 e. The number of hydrogen-bond donors (Lipinski definition) is 1. The van der Waals surface area contributed by atoms with Crippen LogP contribution in [0.1, 0.15) is 52.2 Å². The van der Waals surface area contributed by atoms with Gasteiger partial charge in [0, 0.05) is 18.7 Å². The molecule has 0 spiro atoms. The maximum atomic E-state index is 10.0. The predicted octanol–water partition coefficient (Wildman–Crippen LogP) is 4.25. The quantitative estimate of drug-likeness (QED) is 0.834. The topological polar surface area (TPSA) is 23.5 Å². The summed E-state index contributed by atoms with van der Waals surface area (Å²) in [5.41, 5.74) is 2.27. The van der Waals surface area contributed by atoms with Crippen molar-refractivity contribution >= 4 is 17.2 Å². The number of phenolic OH excluding ortho intramolecular Hbond substituents is 1. The minimum absolute atomic E-state index is 0.0881. The summed E-state index contributed by atoms with van der Waals surface area (Å²) in [6.07, 6.45) is 1.05. The first-order valence-corrected chi connectivity index (χ1v) is 7.24. The van der Waals surface area contributed by atoms with Crippen LogP contribution < -0.4 is 0 Å². The van der Waals surface area contributed by atoms with Crippen LogP contribution in [0, 0.1) is 0 Å². The van der Waals surface area contributed by atoms with Crippen LogP contribution >= 0.6 is 12.2 Å². The number of phenols is 1. The van der Waals surface area contributed by atoms with E-state index >= 15 is 0 Å². The molecule has 0 aromatic heterocycles. The van der Waals surface area contributed by atoms with E-state index < -0.39 is 0 Å². The first-order chi connectivity index (χ1) is 8.75. The Hall–Kier alpha value is -1.09. The van der Waals surface area contributed by atoms with Crippen LogP contribution in [0.25, 0.3) is 0 Å². The molecular weight excluding hydrogens is 254 g/mol. The molecule has 0 aliphatic heterocycles. The zero-order valence-corrected chi connectivity index (χ0v) is 13.5. The summed E-state index contributed by atoms with van der Waals surface area (Å²) < 4.78 is 0. The number of aromatic hydroxyl groups is 1. The Morgan fingerprint density at radius 1 is 1.32 bits per heavy atom. The predicted molar refractivity (Wildman–Crippen MR) is 85.8 cm³/mol. The second kappa shape index (κ2) is 6.38. The average Bonchev–Trinajstić information content (AvgIpc) is 2.29. The van der Waals surface area contributed by atoms with Crippen LogP contribution in [-0.2, 0) is 12.0 Å². The minimum atomic E-state index is 0.0881. The Labute approximate surface area is 122 Å². The van der Waals surface area contributed by atoms with E-state index in [9.17, 15) is 5.11 Å². The van der Waals surface area contributed by atoms with Crippen LogP contribution in [0.3, 0.4) is 0 Å². The van der Waals surface area contributed by atoms with Crippen LogP contribution in [-0.4, -0.2) is 21.5 Å². The number of rotatable bonds is 4. The van der Waals surface area contributed by atoms with E-state index in [0.717, 1.165) is 23.5 Å². The van der Waals surface area contributed by atoms with Crippen LogP contribution in [0.5, 0.6) is 5.75 Å². The normalized spacial score (nSPS) is 11.4. The zero-order valence-electron chi connectivity index (χ0n) is 12.7. The molecule has 0 fully saturated rings. The lowest BCUT2D eigenvalue weighted by Crippen LogP contribution is -2.27. The van der Waals surface area contributed by atoms with Gasteiger partial charge in [-0.1, -0.05) is 46.0 Å². The van der Waals surface area contributed by atoms with Gasteiger partial charge in [-0.2, -0.15) is 0 Å². The van der Waals surface area contributed by atoms with E-state index in [2.05, 4.69) is 38.7 Å². The maximum absolute atomic E-state index is 10.0. The first-order valence-electron chi connectivity index (χ1n) is 6.83. The molecule has 0 bridgehead atoms. The molecule has 0 unspecified atom stereocenters. The van der Waals surface area contributed by atoms with Gasteiger partial charge in [0.25, 0.3) is 0 Å². The second-order valence-electron chi connectivity index (χ2n) is 6.03. The smallest absolute Gasteiger partial charge is 0.120 e. The number of hydrogen-bond acceptors (Lipinski definition) is 2. The molecule has 2 nitrogen and oxygen atoms in total. The van der Waals surface area contributed by atoms with Gasteiger partial charge in [-0.05, 0) is 36.5 Å². The summed E-state index contributed by atoms with van der Waals surface area (Å²) in [7, 11) is 0. The van der Waals surface area contributed by atoms with Crippen molar-refractivity contribution in [3.8, 4) is 5.75 Å². The van der Waals surface area contributed by atoms with E-state index in [-0.39, 0.29) is 5.41 Å². The molecule has 19 heavy (non-hydrogen) atoms. The molecule has 0 atom stereocenters. The van der Waals surface area contributed by atoms with Crippen LogP contribution in [0.4, 0.5) is 0 Å². The third-order valence-electron chi connectivity index (χ3n) is 3.25. The Morgan fingerprint density at radius 2 is 1.95 bits per heavy atom. The molecular formula is C16H25NOS. The molecule has 0 radical (unpaired) electrons. The van der Waals surface area contributed by atoms with Gasteiger partial charge in [0.05, 0.1) is 4.99 Å². The van der Waals surface area contributed by atoms with Crippen molar-refractivity contribution in [2.75, 3.05) is 6.54 Å². The summed E-state index contributed by atoms with van der Waals surface area (Å²) >= 11 is 5.28. The highest BCUT2D eigenvalue weighted by molar-refractivity contribution is 7.80. The fraction of sp³-hybridized carbons (Fsp3) is 0.562. The largest absolute Gasteiger partial charge is 0.508 e. The van der Waals surface area contributed by atoms with Gasteiger partial charge in [-0.25, -0.2) is 0 Å². The molecule has 0 heterocycles. The highest BCUT2D eigenvalue weighted by atomic mass is 32.1. The molecule has 106 valence electrons. The highest BCUT2D eigenvalue weighted by Gasteiger charge is 2.16. The molecule has 0 aliphatic carbocycles. The van der Waals surface area contributed by atoms with E-state index in [1.54, 1.807) is 6.07 Å². The Bertz CT molecular complexity index is 449. The summed E-state index contributed by atoms with van der Waals surface area (Å²) in [5.74, 6) is 0.352. The molecule has 1 aromatic carbocycles. The molecule has 1 N–H and O–H groups in total. The molecule has 0 amide bonds.